The van der Waals surface area contributed by atoms with Gasteiger partial charge >= 0.3 is 6.03 Å². The highest BCUT2D eigenvalue weighted by Crippen LogP contribution is 2.20. The van der Waals surface area contributed by atoms with E-state index in [1.165, 1.54) is 5.56 Å². The van der Waals surface area contributed by atoms with Gasteiger partial charge in [-0.3, -0.25) is 4.79 Å². The maximum Gasteiger partial charge on any atom is 0.312 e. The molecule has 3 amide bonds. The summed E-state index contributed by atoms with van der Waals surface area (Å²) in [5, 5.41) is 5.70. The minimum absolute atomic E-state index is 0.101. The maximum atomic E-state index is 12.8. The van der Waals surface area contributed by atoms with Crippen LogP contribution < -0.4 is 16.4 Å². The van der Waals surface area contributed by atoms with Gasteiger partial charge in [0.15, 0.2) is 0 Å². The Balaban J connectivity index is 2.03. The van der Waals surface area contributed by atoms with E-state index in [9.17, 15) is 9.59 Å². The van der Waals surface area contributed by atoms with Gasteiger partial charge in [-0.25, -0.2) is 4.79 Å². The molecule has 28 heavy (non-hydrogen) atoms. The van der Waals surface area contributed by atoms with Crippen LogP contribution in [0.4, 0.5) is 4.79 Å². The first-order valence-electron chi connectivity index (χ1n) is 10.1. The molecule has 2 atom stereocenters. The average molecular weight is 382 g/mol. The number of carbonyl (C=O) groups excluding carboxylic acids is 2. The molecule has 5 nitrogen and oxygen atoms in total. The summed E-state index contributed by atoms with van der Waals surface area (Å²) in [6, 6.07) is 18.9. The number of rotatable bonds is 11. The molecule has 0 saturated heterocycles. The Kier molecular flexibility index (Phi) is 9.05. The fraction of sp³-hybridized carbons (Fsp3) is 0.391. The van der Waals surface area contributed by atoms with Crippen LogP contribution in [0.1, 0.15) is 56.2 Å². The first-order chi connectivity index (χ1) is 13.6. The molecular formula is C23H31N3O2. The van der Waals surface area contributed by atoms with E-state index in [0.29, 0.717) is 6.42 Å². The van der Waals surface area contributed by atoms with E-state index in [-0.39, 0.29) is 11.9 Å². The summed E-state index contributed by atoms with van der Waals surface area (Å²) < 4.78 is 0. The summed E-state index contributed by atoms with van der Waals surface area (Å²) in [4.78, 5) is 24.1. The molecule has 0 fully saturated rings. The third-order valence-corrected chi connectivity index (χ3v) is 4.80. The number of urea groups is 1. The predicted octanol–water partition coefficient (Wildman–Crippen LogP) is 4.09. The van der Waals surface area contributed by atoms with E-state index >= 15 is 0 Å². The Morgan fingerprint density at radius 2 is 1.54 bits per heavy atom. The number of nitrogens with one attached hydrogen (secondary N) is 2. The lowest BCUT2D eigenvalue weighted by Crippen LogP contribution is -2.49. The van der Waals surface area contributed by atoms with E-state index in [0.717, 1.165) is 37.7 Å². The van der Waals surface area contributed by atoms with Gasteiger partial charge in [-0.15, -0.1) is 0 Å². The summed E-state index contributed by atoms with van der Waals surface area (Å²) >= 11 is 0. The molecule has 0 aliphatic heterocycles. The highest BCUT2D eigenvalue weighted by Gasteiger charge is 2.22. The summed E-state index contributed by atoms with van der Waals surface area (Å²) in [5.74, 6) is -0.180. The Labute approximate surface area is 167 Å². The molecule has 0 saturated carbocycles. The highest BCUT2D eigenvalue weighted by molar-refractivity contribution is 5.86. The molecule has 2 rings (SSSR count). The van der Waals surface area contributed by atoms with Gasteiger partial charge in [-0.2, -0.15) is 0 Å². The van der Waals surface area contributed by atoms with E-state index in [2.05, 4.69) is 29.7 Å². The number of hydrogen-bond acceptors (Lipinski definition) is 2. The second kappa shape index (κ2) is 11.8. The van der Waals surface area contributed by atoms with Gasteiger partial charge in [0.1, 0.15) is 6.04 Å². The van der Waals surface area contributed by atoms with Crippen LogP contribution in [0.15, 0.2) is 60.7 Å². The lowest BCUT2D eigenvalue weighted by atomic mass is 9.98. The smallest absolute Gasteiger partial charge is 0.312 e. The van der Waals surface area contributed by atoms with Crippen molar-refractivity contribution in [2.24, 2.45) is 5.73 Å². The molecule has 0 spiro atoms. The van der Waals surface area contributed by atoms with Crippen LogP contribution in [0.25, 0.3) is 0 Å². The van der Waals surface area contributed by atoms with Crippen molar-refractivity contribution in [1.29, 1.82) is 0 Å². The van der Waals surface area contributed by atoms with Gasteiger partial charge in [0, 0.05) is 0 Å². The zero-order valence-electron chi connectivity index (χ0n) is 16.6. The summed E-state index contributed by atoms with van der Waals surface area (Å²) in [6.45, 7) is 2.05. The van der Waals surface area contributed by atoms with E-state index in [4.69, 9.17) is 5.73 Å². The molecular weight excluding hydrogens is 350 g/mol. The Morgan fingerprint density at radius 1 is 0.893 bits per heavy atom. The number of hydrogen-bond donors (Lipinski definition) is 3. The fourth-order valence-electron chi connectivity index (χ4n) is 3.28. The van der Waals surface area contributed by atoms with Crippen molar-refractivity contribution >= 4 is 11.9 Å². The van der Waals surface area contributed by atoms with Gasteiger partial charge in [-0.1, -0.05) is 80.4 Å². The largest absolute Gasteiger partial charge is 0.352 e. The number of primary amides is 1. The van der Waals surface area contributed by atoms with Crippen molar-refractivity contribution in [3.63, 3.8) is 0 Å². The fourth-order valence-corrected chi connectivity index (χ4v) is 3.28. The molecule has 150 valence electrons. The van der Waals surface area contributed by atoms with Crippen molar-refractivity contribution in [3.8, 4) is 0 Å². The van der Waals surface area contributed by atoms with Crippen LogP contribution in [0.5, 0.6) is 0 Å². The molecule has 0 radical (unpaired) electrons. The number of nitrogens with two attached hydrogens (primary N) is 1. The predicted molar refractivity (Wildman–Crippen MR) is 113 cm³/mol. The summed E-state index contributed by atoms with van der Waals surface area (Å²) in [7, 11) is 0. The average Bonchev–Trinajstić information content (AvgIpc) is 2.71. The van der Waals surface area contributed by atoms with Crippen molar-refractivity contribution in [2.45, 2.75) is 57.5 Å². The van der Waals surface area contributed by atoms with Crippen molar-refractivity contribution in [3.05, 3.63) is 71.8 Å². The Morgan fingerprint density at radius 3 is 2.14 bits per heavy atom. The number of aryl methyl sites for hydroxylation is 1. The molecule has 5 heteroatoms. The monoisotopic (exact) mass is 381 g/mol. The van der Waals surface area contributed by atoms with Crippen molar-refractivity contribution < 1.29 is 9.59 Å². The van der Waals surface area contributed by atoms with Crippen LogP contribution in [0.3, 0.4) is 0 Å². The molecule has 0 aliphatic carbocycles. The van der Waals surface area contributed by atoms with Crippen molar-refractivity contribution in [1.82, 2.24) is 10.6 Å². The van der Waals surface area contributed by atoms with E-state index < -0.39 is 12.1 Å². The number of unbranched alkanes of at least 4 members (excludes halogenated alkanes) is 1. The number of amides is 3. The van der Waals surface area contributed by atoms with Gasteiger partial charge in [0.25, 0.3) is 0 Å². The lowest BCUT2D eigenvalue weighted by Gasteiger charge is -2.23. The van der Waals surface area contributed by atoms with Gasteiger partial charge in [0.05, 0.1) is 6.04 Å². The third kappa shape index (κ3) is 7.43. The van der Waals surface area contributed by atoms with Crippen LogP contribution in [0, 0.1) is 0 Å². The number of benzene rings is 2. The molecule has 2 aromatic rings. The van der Waals surface area contributed by atoms with E-state index in [1.54, 1.807) is 0 Å². The van der Waals surface area contributed by atoms with Crippen molar-refractivity contribution in [2.75, 3.05) is 0 Å². The standard InChI is InChI=1S/C23H31N3O2/c1-2-3-16-21(26-23(24)28)22(27)25-20(19-14-8-5-9-15-19)17-10-13-18-11-6-4-7-12-18/h4-9,11-12,14-15,20-21H,2-3,10,13,16-17H2,1H3,(H,25,27)(H3,24,26,28). The SMILES string of the molecule is CCCCC(NC(N)=O)C(=O)NC(CCCc1ccccc1)c1ccccc1. The van der Waals surface area contributed by atoms with Crippen LogP contribution in [0.2, 0.25) is 0 Å². The van der Waals surface area contributed by atoms with Crippen LogP contribution in [-0.2, 0) is 11.2 Å². The lowest BCUT2D eigenvalue weighted by molar-refractivity contribution is -0.123. The first-order valence-corrected chi connectivity index (χ1v) is 10.1. The quantitative estimate of drug-likeness (QED) is 0.548. The third-order valence-electron chi connectivity index (χ3n) is 4.80. The molecule has 4 N–H and O–H groups in total. The zero-order chi connectivity index (χ0) is 20.2. The topological polar surface area (TPSA) is 84.2 Å². The Hall–Kier alpha value is -2.82. The minimum atomic E-state index is -0.670. The first kappa shape index (κ1) is 21.5. The minimum Gasteiger partial charge on any atom is -0.352 e. The summed E-state index contributed by atoms with van der Waals surface area (Å²) in [6.07, 6.45) is 5.11. The molecule has 0 aliphatic rings. The molecule has 0 heterocycles. The number of carbonyl (C=O) groups is 2. The molecule has 2 aromatic carbocycles. The second-order valence-electron chi connectivity index (χ2n) is 7.05. The highest BCUT2D eigenvalue weighted by atomic mass is 16.2. The van der Waals surface area contributed by atoms with Gasteiger partial charge in [-0.05, 0) is 36.8 Å². The van der Waals surface area contributed by atoms with Crippen LogP contribution >= 0.6 is 0 Å². The van der Waals surface area contributed by atoms with E-state index in [1.807, 2.05) is 48.5 Å². The van der Waals surface area contributed by atoms with Gasteiger partial charge < -0.3 is 16.4 Å². The maximum absolute atomic E-state index is 12.8. The van der Waals surface area contributed by atoms with Crippen LogP contribution in [-0.4, -0.2) is 18.0 Å². The zero-order valence-corrected chi connectivity index (χ0v) is 16.6. The molecule has 0 bridgehead atoms. The van der Waals surface area contributed by atoms with Gasteiger partial charge in [0.2, 0.25) is 5.91 Å². The molecule has 2 unspecified atom stereocenters. The second-order valence-corrected chi connectivity index (χ2v) is 7.05. The normalized spacial score (nSPS) is 12.8. The summed E-state index contributed by atoms with van der Waals surface area (Å²) in [5.41, 5.74) is 7.62. The Bertz CT molecular complexity index is 719. The molecule has 0 aromatic heterocycles.